The van der Waals surface area contributed by atoms with Gasteiger partial charge in [-0.2, -0.15) is 0 Å². The first-order valence-electron chi connectivity index (χ1n) is 4.87. The summed E-state index contributed by atoms with van der Waals surface area (Å²) >= 11 is 0. The number of hydrogen-bond acceptors (Lipinski definition) is 3. The zero-order valence-electron chi connectivity index (χ0n) is 9.28. The zero-order valence-corrected chi connectivity index (χ0v) is 9.28. The van der Waals surface area contributed by atoms with Gasteiger partial charge in [-0.3, -0.25) is 0 Å². The Morgan fingerprint density at radius 1 is 1.29 bits per heavy atom. The van der Waals surface area contributed by atoms with Crippen molar-refractivity contribution >= 4 is 12.4 Å². The zero-order chi connectivity index (χ0) is 10.8. The van der Waals surface area contributed by atoms with Crippen molar-refractivity contribution in [3.05, 3.63) is 18.2 Å². The predicted octanol–water partition coefficient (Wildman–Crippen LogP) is 0.886. The van der Waals surface area contributed by atoms with Crippen LogP contribution in [0.25, 0.3) is 0 Å². The van der Waals surface area contributed by atoms with E-state index >= 15 is 0 Å². The third-order valence-corrected chi connectivity index (χ3v) is 1.90. The molecule has 1 aromatic rings. The van der Waals surface area contributed by atoms with Crippen molar-refractivity contribution in [3.8, 4) is 0 Å². The molecule has 0 bridgehead atoms. The van der Waals surface area contributed by atoms with Gasteiger partial charge in [-0.25, -0.2) is 9.97 Å². The van der Waals surface area contributed by atoms with Gasteiger partial charge in [-0.15, -0.1) is 0 Å². The van der Waals surface area contributed by atoms with Crippen LogP contribution in [0.3, 0.4) is 0 Å². The molecule has 3 nitrogen and oxygen atoms in total. The molecule has 0 unspecified atom stereocenters. The second kappa shape index (κ2) is 4.09. The van der Waals surface area contributed by atoms with Gasteiger partial charge in [0.2, 0.25) is 0 Å². The molecule has 0 saturated carbocycles. The quantitative estimate of drug-likeness (QED) is 0.707. The van der Waals surface area contributed by atoms with Crippen molar-refractivity contribution < 1.29 is 5.02 Å². The van der Waals surface area contributed by atoms with Crippen LogP contribution in [-0.2, 0) is 6.42 Å². The van der Waals surface area contributed by atoms with E-state index in [2.05, 4.69) is 30.7 Å². The fourth-order valence-electron chi connectivity index (χ4n) is 1.15. The molecular weight excluding hydrogens is 175 g/mol. The fraction of sp³-hybridized carbons (Fsp3) is 0.600. The molecule has 76 valence electrons. The van der Waals surface area contributed by atoms with Crippen molar-refractivity contribution in [1.82, 2.24) is 9.97 Å². The number of nitrogens with zero attached hydrogens (tertiary/aromatic N) is 2. The van der Waals surface area contributed by atoms with Crippen molar-refractivity contribution in [3.63, 3.8) is 0 Å². The minimum absolute atomic E-state index is 0.201. The second-order valence-corrected chi connectivity index (χ2v) is 4.85. The molecule has 1 N–H and O–H groups in total. The van der Waals surface area contributed by atoms with Crippen molar-refractivity contribution in [1.29, 1.82) is 0 Å². The standard InChI is InChI=1S/C10H17BN2O/c1-10(2,3)5-9-12-6-8(7-13-9)11(4)14/h6-7,14H,5H2,1-4H3. The highest BCUT2D eigenvalue weighted by Crippen LogP contribution is 2.17. The molecule has 0 aliphatic carbocycles. The Kier molecular flexibility index (Phi) is 3.27. The highest BCUT2D eigenvalue weighted by molar-refractivity contribution is 6.64. The summed E-state index contributed by atoms with van der Waals surface area (Å²) in [5.74, 6) is 0.835. The van der Waals surface area contributed by atoms with Crippen LogP contribution in [0.2, 0.25) is 6.82 Å². The van der Waals surface area contributed by atoms with Gasteiger partial charge >= 0.3 is 6.92 Å². The molecule has 0 spiro atoms. The predicted molar refractivity (Wildman–Crippen MR) is 58.7 cm³/mol. The van der Waals surface area contributed by atoms with Crippen LogP contribution in [0.1, 0.15) is 26.6 Å². The number of hydrogen-bond donors (Lipinski definition) is 1. The Morgan fingerprint density at radius 3 is 2.14 bits per heavy atom. The summed E-state index contributed by atoms with van der Waals surface area (Å²) in [6.07, 6.45) is 4.24. The molecule has 0 aliphatic rings. The van der Waals surface area contributed by atoms with Gasteiger partial charge in [0.25, 0.3) is 0 Å². The van der Waals surface area contributed by atoms with Crippen LogP contribution in [0, 0.1) is 5.41 Å². The summed E-state index contributed by atoms with van der Waals surface area (Å²) in [6, 6.07) is 0. The normalized spacial score (nSPS) is 11.5. The SMILES string of the molecule is CB(O)c1cnc(CC(C)(C)C)nc1. The fourth-order valence-corrected chi connectivity index (χ4v) is 1.15. The van der Waals surface area contributed by atoms with Crippen LogP contribution < -0.4 is 5.46 Å². The van der Waals surface area contributed by atoms with E-state index in [1.54, 1.807) is 19.2 Å². The van der Waals surface area contributed by atoms with Crippen LogP contribution in [0.5, 0.6) is 0 Å². The van der Waals surface area contributed by atoms with Gasteiger partial charge in [-0.1, -0.05) is 27.6 Å². The maximum atomic E-state index is 9.27. The molecule has 0 radical (unpaired) electrons. The highest BCUT2D eigenvalue weighted by atomic mass is 16.2. The lowest BCUT2D eigenvalue weighted by molar-refractivity contribution is 0.400. The third kappa shape index (κ3) is 3.46. The lowest BCUT2D eigenvalue weighted by Crippen LogP contribution is -2.28. The monoisotopic (exact) mass is 192 g/mol. The Hall–Kier alpha value is -0.895. The second-order valence-electron chi connectivity index (χ2n) is 4.85. The maximum absolute atomic E-state index is 9.27. The van der Waals surface area contributed by atoms with Crippen molar-refractivity contribution in [2.75, 3.05) is 0 Å². The molecule has 0 aliphatic heterocycles. The Labute approximate surface area is 85.7 Å². The Balaban J connectivity index is 2.74. The van der Waals surface area contributed by atoms with Gasteiger partial charge in [0, 0.05) is 18.8 Å². The van der Waals surface area contributed by atoms with E-state index < -0.39 is 6.92 Å². The van der Waals surface area contributed by atoms with Crippen LogP contribution >= 0.6 is 0 Å². The van der Waals surface area contributed by atoms with E-state index in [1.807, 2.05) is 0 Å². The average Bonchev–Trinajstić information content (AvgIpc) is 2.02. The Morgan fingerprint density at radius 2 is 1.79 bits per heavy atom. The molecule has 0 saturated heterocycles. The molecule has 14 heavy (non-hydrogen) atoms. The van der Waals surface area contributed by atoms with Gasteiger partial charge in [0.1, 0.15) is 5.82 Å². The summed E-state index contributed by atoms with van der Waals surface area (Å²) in [5, 5.41) is 9.27. The van der Waals surface area contributed by atoms with Crippen molar-refractivity contribution in [2.45, 2.75) is 34.0 Å². The first-order valence-corrected chi connectivity index (χ1v) is 4.87. The van der Waals surface area contributed by atoms with E-state index in [1.165, 1.54) is 0 Å². The maximum Gasteiger partial charge on any atom is 0.323 e. The van der Waals surface area contributed by atoms with E-state index in [0.29, 0.717) is 0 Å². The molecular formula is C10H17BN2O. The molecule has 1 heterocycles. The smallest absolute Gasteiger partial charge is 0.323 e. The van der Waals surface area contributed by atoms with Crippen LogP contribution in [0.4, 0.5) is 0 Å². The minimum atomic E-state index is -0.487. The molecule has 4 heteroatoms. The van der Waals surface area contributed by atoms with E-state index in [4.69, 9.17) is 0 Å². The highest BCUT2D eigenvalue weighted by Gasteiger charge is 2.14. The Bertz CT molecular complexity index is 290. The molecule has 0 aromatic carbocycles. The van der Waals surface area contributed by atoms with Crippen LogP contribution in [-0.4, -0.2) is 21.9 Å². The minimum Gasteiger partial charge on any atom is -0.446 e. The van der Waals surface area contributed by atoms with Gasteiger partial charge in [0.15, 0.2) is 0 Å². The van der Waals surface area contributed by atoms with Gasteiger partial charge in [-0.05, 0) is 10.9 Å². The lowest BCUT2D eigenvalue weighted by Gasteiger charge is -2.16. The average molecular weight is 192 g/mol. The summed E-state index contributed by atoms with van der Waals surface area (Å²) < 4.78 is 0. The molecule has 0 atom stereocenters. The number of rotatable bonds is 2. The molecule has 0 amide bonds. The topological polar surface area (TPSA) is 46.0 Å². The van der Waals surface area contributed by atoms with Crippen molar-refractivity contribution in [2.24, 2.45) is 5.41 Å². The van der Waals surface area contributed by atoms with E-state index in [9.17, 15) is 5.02 Å². The first-order chi connectivity index (χ1) is 6.38. The summed E-state index contributed by atoms with van der Waals surface area (Å²) in [5.41, 5.74) is 0.967. The van der Waals surface area contributed by atoms with Gasteiger partial charge < -0.3 is 5.02 Å². The third-order valence-electron chi connectivity index (χ3n) is 1.90. The van der Waals surface area contributed by atoms with E-state index in [-0.39, 0.29) is 5.41 Å². The van der Waals surface area contributed by atoms with Crippen LogP contribution in [0.15, 0.2) is 12.4 Å². The summed E-state index contributed by atoms with van der Waals surface area (Å²) in [6.45, 7) is 7.68. The summed E-state index contributed by atoms with van der Waals surface area (Å²) in [4.78, 5) is 8.43. The number of aromatic nitrogens is 2. The van der Waals surface area contributed by atoms with Gasteiger partial charge in [0.05, 0.1) is 0 Å². The molecule has 0 fully saturated rings. The van der Waals surface area contributed by atoms with E-state index in [0.717, 1.165) is 17.7 Å². The first kappa shape index (κ1) is 11.2. The summed E-state index contributed by atoms with van der Waals surface area (Å²) in [7, 11) is 0. The molecule has 1 rings (SSSR count). The lowest BCUT2D eigenvalue weighted by atomic mass is 9.66. The molecule has 1 aromatic heterocycles. The largest absolute Gasteiger partial charge is 0.446 e.